The first-order valence-corrected chi connectivity index (χ1v) is 14.6. The van der Waals surface area contributed by atoms with Crippen molar-refractivity contribution in [1.82, 2.24) is 14.8 Å². The molecule has 1 aromatic heterocycles. The normalized spacial score (nSPS) is 16.7. The number of rotatable bonds is 9. The number of carbonyl (C=O) groups excluding carboxylic acids is 2. The number of carbonyl (C=O) groups is 2. The summed E-state index contributed by atoms with van der Waals surface area (Å²) in [4.78, 5) is 35.0. The molecule has 2 amide bonds. The quantitative estimate of drug-likeness (QED) is 0.244. The highest BCUT2D eigenvalue weighted by atomic mass is 16.5. The van der Waals surface area contributed by atoms with Crippen molar-refractivity contribution >= 4 is 17.5 Å². The Morgan fingerprint density at radius 3 is 2.42 bits per heavy atom. The number of amides is 2. The molecule has 1 aliphatic rings. The summed E-state index contributed by atoms with van der Waals surface area (Å²) in [5, 5.41) is 2.93. The number of pyridine rings is 1. The maximum Gasteiger partial charge on any atom is 0.274 e. The van der Waals surface area contributed by atoms with Gasteiger partial charge in [-0.05, 0) is 75.0 Å². The lowest BCUT2D eigenvalue weighted by molar-refractivity contribution is 0.0433. The minimum Gasteiger partial charge on any atom is -0.486 e. The molecule has 0 aliphatic carbocycles. The van der Waals surface area contributed by atoms with E-state index in [0.717, 1.165) is 17.1 Å². The summed E-state index contributed by atoms with van der Waals surface area (Å²) in [5.74, 6) is 1.51. The van der Waals surface area contributed by atoms with Gasteiger partial charge in [-0.1, -0.05) is 49.4 Å². The van der Waals surface area contributed by atoms with Crippen LogP contribution in [0.25, 0.3) is 0 Å². The number of anilines is 1. The van der Waals surface area contributed by atoms with E-state index in [2.05, 4.69) is 41.3 Å². The zero-order valence-electron chi connectivity index (χ0n) is 25.1. The van der Waals surface area contributed by atoms with E-state index in [0.29, 0.717) is 36.6 Å². The maximum absolute atomic E-state index is 13.7. The molecule has 0 fully saturated rings. The first-order valence-electron chi connectivity index (χ1n) is 14.6. The average molecular weight is 579 g/mol. The van der Waals surface area contributed by atoms with E-state index in [1.165, 1.54) is 0 Å². The minimum atomic E-state index is -0.366. The Morgan fingerprint density at radius 2 is 1.72 bits per heavy atom. The van der Waals surface area contributed by atoms with Gasteiger partial charge in [-0.25, -0.2) is 0 Å². The third-order valence-corrected chi connectivity index (χ3v) is 7.51. The van der Waals surface area contributed by atoms with Crippen molar-refractivity contribution in [2.75, 3.05) is 25.5 Å². The molecule has 0 bridgehead atoms. The van der Waals surface area contributed by atoms with E-state index in [4.69, 9.17) is 9.47 Å². The van der Waals surface area contributed by atoms with Gasteiger partial charge < -0.3 is 19.7 Å². The lowest BCUT2D eigenvalue weighted by atomic mass is 9.99. The minimum absolute atomic E-state index is 0.00247. The third kappa shape index (κ3) is 7.40. The van der Waals surface area contributed by atoms with Crippen LogP contribution in [0.3, 0.4) is 0 Å². The Balaban J connectivity index is 1.35. The Labute approximate surface area is 253 Å². The molecule has 0 saturated carbocycles. The number of ether oxygens (including phenoxy) is 2. The lowest BCUT2D eigenvalue weighted by Crippen LogP contribution is -2.48. The van der Waals surface area contributed by atoms with Gasteiger partial charge in [0.25, 0.3) is 11.8 Å². The standard InChI is InChI=1S/C35H38N4O4/c1-24(2)39-21-25(3)32(23-38(4)22-26-16-18-28(19-17-26)42-27-11-6-5-7-12-27)43-33-29(35(39)41)13-10-15-30(33)37-34(40)31-14-8-9-20-36-31/h5-20,24-25,32H,21-23H2,1-4H3,(H,37,40)/t25-,32+/m0/s1. The fourth-order valence-corrected chi connectivity index (χ4v) is 5.18. The van der Waals surface area contributed by atoms with Gasteiger partial charge in [0.1, 0.15) is 23.3 Å². The Kier molecular flexibility index (Phi) is 9.37. The van der Waals surface area contributed by atoms with Gasteiger partial charge in [0, 0.05) is 37.8 Å². The van der Waals surface area contributed by atoms with Crippen molar-refractivity contribution in [3.05, 3.63) is 114 Å². The van der Waals surface area contributed by atoms with Gasteiger partial charge in [-0.15, -0.1) is 0 Å². The molecule has 8 heteroatoms. The van der Waals surface area contributed by atoms with E-state index < -0.39 is 0 Å². The number of hydrogen-bond donors (Lipinski definition) is 1. The number of para-hydroxylation sites is 2. The van der Waals surface area contributed by atoms with Gasteiger partial charge in [-0.2, -0.15) is 0 Å². The summed E-state index contributed by atoms with van der Waals surface area (Å²) < 4.78 is 12.6. The number of hydrogen-bond acceptors (Lipinski definition) is 6. The van der Waals surface area contributed by atoms with Crippen molar-refractivity contribution in [2.45, 2.75) is 39.5 Å². The number of fused-ring (bicyclic) bond motifs is 1. The van der Waals surface area contributed by atoms with Crippen molar-refractivity contribution < 1.29 is 19.1 Å². The van der Waals surface area contributed by atoms with Crippen LogP contribution in [0.2, 0.25) is 0 Å². The molecule has 0 unspecified atom stereocenters. The molecular formula is C35H38N4O4. The predicted molar refractivity (Wildman–Crippen MR) is 168 cm³/mol. The molecule has 1 N–H and O–H groups in total. The number of benzene rings is 3. The van der Waals surface area contributed by atoms with Gasteiger partial charge in [-0.3, -0.25) is 19.5 Å². The molecule has 4 aromatic rings. The van der Waals surface area contributed by atoms with Crippen LogP contribution in [0.15, 0.2) is 97.2 Å². The zero-order chi connectivity index (χ0) is 30.3. The SMILES string of the molecule is CC(C)N1C[C@H](C)[C@@H](CN(C)Cc2ccc(Oc3ccccc3)cc2)Oc2c(NC(=O)c3ccccn3)cccc2C1=O. The van der Waals surface area contributed by atoms with Gasteiger partial charge in [0.05, 0.1) is 11.3 Å². The van der Waals surface area contributed by atoms with Crippen LogP contribution in [0.4, 0.5) is 5.69 Å². The molecular weight excluding hydrogens is 540 g/mol. The van der Waals surface area contributed by atoms with E-state index in [-0.39, 0.29) is 35.6 Å². The summed E-state index contributed by atoms with van der Waals surface area (Å²) in [7, 11) is 2.06. The molecule has 43 heavy (non-hydrogen) atoms. The maximum atomic E-state index is 13.7. The Morgan fingerprint density at radius 1 is 1.00 bits per heavy atom. The summed E-state index contributed by atoms with van der Waals surface area (Å²) in [6.45, 7) is 8.03. The summed E-state index contributed by atoms with van der Waals surface area (Å²) in [5.41, 5.74) is 2.30. The second kappa shape index (κ2) is 13.5. The predicted octanol–water partition coefficient (Wildman–Crippen LogP) is 6.51. The molecule has 1 aliphatic heterocycles. The lowest BCUT2D eigenvalue weighted by Gasteiger charge is -2.38. The topological polar surface area (TPSA) is 84.0 Å². The molecule has 3 aromatic carbocycles. The molecule has 2 atom stereocenters. The zero-order valence-corrected chi connectivity index (χ0v) is 25.1. The van der Waals surface area contributed by atoms with Crippen LogP contribution in [0.5, 0.6) is 17.2 Å². The smallest absolute Gasteiger partial charge is 0.274 e. The van der Waals surface area contributed by atoms with E-state index >= 15 is 0 Å². The van der Waals surface area contributed by atoms with Gasteiger partial charge in [0.2, 0.25) is 0 Å². The average Bonchev–Trinajstić information content (AvgIpc) is 3.01. The fraction of sp³-hybridized carbons (Fsp3) is 0.286. The first kappa shape index (κ1) is 29.8. The van der Waals surface area contributed by atoms with Crippen molar-refractivity contribution in [1.29, 1.82) is 0 Å². The number of nitrogens with zero attached hydrogens (tertiary/aromatic N) is 3. The summed E-state index contributed by atoms with van der Waals surface area (Å²) in [6, 6.07) is 28.3. The van der Waals surface area contributed by atoms with Crippen LogP contribution in [0, 0.1) is 5.92 Å². The molecule has 2 heterocycles. The van der Waals surface area contributed by atoms with Crippen molar-refractivity contribution in [3.8, 4) is 17.2 Å². The molecule has 5 rings (SSSR count). The highest BCUT2D eigenvalue weighted by Crippen LogP contribution is 2.35. The van der Waals surface area contributed by atoms with Crippen LogP contribution in [-0.2, 0) is 6.54 Å². The largest absolute Gasteiger partial charge is 0.486 e. The molecule has 0 spiro atoms. The van der Waals surface area contributed by atoms with Crippen LogP contribution >= 0.6 is 0 Å². The molecule has 0 saturated heterocycles. The second-order valence-electron chi connectivity index (χ2n) is 11.3. The van der Waals surface area contributed by atoms with Crippen LogP contribution in [0.1, 0.15) is 47.2 Å². The van der Waals surface area contributed by atoms with E-state index in [9.17, 15) is 9.59 Å². The molecule has 222 valence electrons. The summed E-state index contributed by atoms with van der Waals surface area (Å²) >= 11 is 0. The highest BCUT2D eigenvalue weighted by molar-refractivity contribution is 6.06. The Bertz CT molecular complexity index is 1530. The summed E-state index contributed by atoms with van der Waals surface area (Å²) in [6.07, 6.45) is 1.33. The van der Waals surface area contributed by atoms with Gasteiger partial charge in [0.15, 0.2) is 5.75 Å². The highest BCUT2D eigenvalue weighted by Gasteiger charge is 2.34. The number of nitrogens with one attached hydrogen (secondary N) is 1. The van der Waals surface area contributed by atoms with Crippen molar-refractivity contribution in [2.24, 2.45) is 5.92 Å². The second-order valence-corrected chi connectivity index (χ2v) is 11.3. The number of likely N-dealkylation sites (N-methyl/N-ethyl adjacent to an activating group) is 1. The number of aromatic nitrogens is 1. The van der Waals surface area contributed by atoms with Gasteiger partial charge >= 0.3 is 0 Å². The monoisotopic (exact) mass is 578 g/mol. The van der Waals surface area contributed by atoms with E-state index in [1.807, 2.05) is 61.2 Å². The fourth-order valence-electron chi connectivity index (χ4n) is 5.18. The first-order chi connectivity index (χ1) is 20.8. The third-order valence-electron chi connectivity index (χ3n) is 7.51. The molecule has 0 radical (unpaired) electrons. The van der Waals surface area contributed by atoms with Crippen LogP contribution in [-0.4, -0.2) is 58.9 Å². The van der Waals surface area contributed by atoms with Crippen molar-refractivity contribution in [3.63, 3.8) is 0 Å². The molecule has 8 nitrogen and oxygen atoms in total. The Hall–Kier alpha value is -4.69. The van der Waals surface area contributed by atoms with E-state index in [1.54, 1.807) is 42.6 Å². The van der Waals surface area contributed by atoms with Crippen LogP contribution < -0.4 is 14.8 Å².